The van der Waals surface area contributed by atoms with Gasteiger partial charge in [-0.3, -0.25) is 14.9 Å². The SMILES string of the molecule is CC1CCCc2sc3c(c21)C1NCNN1c1nncn1-3. The first-order chi connectivity index (χ1) is 9.84. The quantitative estimate of drug-likeness (QED) is 0.772. The Balaban J connectivity index is 1.82. The Bertz CT molecular complexity index is 689. The van der Waals surface area contributed by atoms with Gasteiger partial charge in [-0.25, -0.2) is 5.43 Å². The molecule has 0 saturated carbocycles. The van der Waals surface area contributed by atoms with Crippen molar-refractivity contribution in [2.45, 2.75) is 38.3 Å². The van der Waals surface area contributed by atoms with E-state index in [9.17, 15) is 0 Å². The molecule has 1 saturated heterocycles. The summed E-state index contributed by atoms with van der Waals surface area (Å²) in [4.78, 5) is 1.56. The summed E-state index contributed by atoms with van der Waals surface area (Å²) in [6.07, 6.45) is 5.85. The number of nitrogens with one attached hydrogen (secondary N) is 2. The van der Waals surface area contributed by atoms with E-state index in [2.05, 4.69) is 37.4 Å². The topological polar surface area (TPSA) is 58.0 Å². The molecule has 2 aromatic heterocycles. The molecule has 2 aliphatic heterocycles. The molecule has 104 valence electrons. The van der Waals surface area contributed by atoms with Gasteiger partial charge >= 0.3 is 0 Å². The van der Waals surface area contributed by atoms with Crippen molar-refractivity contribution in [1.82, 2.24) is 25.5 Å². The highest BCUT2D eigenvalue weighted by molar-refractivity contribution is 7.15. The van der Waals surface area contributed by atoms with Crippen molar-refractivity contribution >= 4 is 17.3 Å². The van der Waals surface area contributed by atoms with Crippen LogP contribution in [0.1, 0.15) is 47.9 Å². The summed E-state index contributed by atoms with van der Waals surface area (Å²) >= 11 is 1.93. The first-order valence-corrected chi connectivity index (χ1v) is 7.98. The van der Waals surface area contributed by atoms with Gasteiger partial charge in [-0.2, -0.15) is 0 Å². The maximum absolute atomic E-state index is 4.27. The van der Waals surface area contributed by atoms with Gasteiger partial charge in [0.1, 0.15) is 17.5 Å². The van der Waals surface area contributed by atoms with Crippen LogP contribution < -0.4 is 15.8 Å². The number of aromatic nitrogens is 3. The van der Waals surface area contributed by atoms with Crippen LogP contribution in [0.25, 0.3) is 5.00 Å². The third-order valence-electron chi connectivity index (χ3n) is 4.62. The van der Waals surface area contributed by atoms with Crippen molar-refractivity contribution in [3.63, 3.8) is 0 Å². The Morgan fingerprint density at radius 3 is 3.30 bits per heavy atom. The fourth-order valence-electron chi connectivity index (χ4n) is 3.74. The van der Waals surface area contributed by atoms with E-state index in [1.54, 1.807) is 10.4 Å². The summed E-state index contributed by atoms with van der Waals surface area (Å²) in [5.74, 6) is 1.54. The lowest BCUT2D eigenvalue weighted by atomic mass is 9.85. The van der Waals surface area contributed by atoms with Gasteiger partial charge < -0.3 is 0 Å². The lowest BCUT2D eigenvalue weighted by Gasteiger charge is -2.31. The van der Waals surface area contributed by atoms with E-state index in [0.717, 1.165) is 12.6 Å². The van der Waals surface area contributed by atoms with E-state index in [0.29, 0.717) is 5.92 Å². The van der Waals surface area contributed by atoms with Gasteiger partial charge in [-0.1, -0.05) is 6.92 Å². The number of aryl methyl sites for hydroxylation is 1. The Hall–Kier alpha value is -1.44. The molecule has 1 fully saturated rings. The van der Waals surface area contributed by atoms with Gasteiger partial charge in [0.15, 0.2) is 0 Å². The monoisotopic (exact) mass is 288 g/mol. The number of rotatable bonds is 0. The molecule has 5 rings (SSSR count). The summed E-state index contributed by atoms with van der Waals surface area (Å²) in [6, 6.07) is 0. The number of nitrogens with zero attached hydrogens (tertiary/aromatic N) is 4. The lowest BCUT2D eigenvalue weighted by Crippen LogP contribution is -2.39. The summed E-state index contributed by atoms with van der Waals surface area (Å²) in [7, 11) is 0. The molecule has 2 atom stereocenters. The number of anilines is 1. The van der Waals surface area contributed by atoms with Gasteiger partial charge in [-0.15, -0.1) is 21.5 Å². The zero-order valence-electron chi connectivity index (χ0n) is 11.3. The van der Waals surface area contributed by atoms with Crippen molar-refractivity contribution in [2.75, 3.05) is 11.7 Å². The van der Waals surface area contributed by atoms with Crippen LogP contribution in [0, 0.1) is 0 Å². The predicted molar refractivity (Wildman–Crippen MR) is 76.9 cm³/mol. The maximum Gasteiger partial charge on any atom is 0.248 e. The van der Waals surface area contributed by atoms with E-state index in [1.807, 2.05) is 17.7 Å². The first-order valence-electron chi connectivity index (χ1n) is 7.16. The number of hydrogen-bond acceptors (Lipinski definition) is 6. The third-order valence-corrected chi connectivity index (χ3v) is 5.90. The smallest absolute Gasteiger partial charge is 0.248 e. The fourth-order valence-corrected chi connectivity index (χ4v) is 5.20. The normalized spacial score (nSPS) is 26.9. The summed E-state index contributed by atoms with van der Waals surface area (Å²) in [6.45, 7) is 3.13. The standard InChI is InChI=1S/C13H16N6S/c1-7-3-2-4-8-9(7)10-11-14-5-16-19(11)13-17-15-6-18(13)12(10)20-8/h6-7,11,14,16H,2-5H2,1H3. The van der Waals surface area contributed by atoms with Crippen molar-refractivity contribution in [3.8, 4) is 5.00 Å². The van der Waals surface area contributed by atoms with E-state index in [-0.39, 0.29) is 6.17 Å². The van der Waals surface area contributed by atoms with Gasteiger partial charge in [-0.05, 0) is 30.7 Å². The van der Waals surface area contributed by atoms with E-state index >= 15 is 0 Å². The van der Waals surface area contributed by atoms with E-state index < -0.39 is 0 Å². The van der Waals surface area contributed by atoms with Crippen molar-refractivity contribution < 1.29 is 0 Å². The largest absolute Gasteiger partial charge is 0.278 e. The Kier molecular flexibility index (Phi) is 2.14. The zero-order valence-corrected chi connectivity index (χ0v) is 12.1. The van der Waals surface area contributed by atoms with Crippen LogP contribution in [0.2, 0.25) is 0 Å². The molecule has 3 aliphatic rings. The Labute approximate surface area is 120 Å². The lowest BCUT2D eigenvalue weighted by molar-refractivity contribution is 0.554. The molecule has 1 aliphatic carbocycles. The molecule has 6 nitrogen and oxygen atoms in total. The molecule has 20 heavy (non-hydrogen) atoms. The molecule has 2 N–H and O–H groups in total. The minimum absolute atomic E-state index is 0.197. The van der Waals surface area contributed by atoms with Crippen molar-refractivity contribution in [2.24, 2.45) is 0 Å². The molecule has 0 bridgehead atoms. The number of hydrazine groups is 1. The number of fused-ring (bicyclic) bond motifs is 8. The first kappa shape index (κ1) is 11.2. The second-order valence-electron chi connectivity index (χ2n) is 5.76. The average Bonchev–Trinajstić information content (AvgIpc) is 3.15. The number of thiophene rings is 1. The highest BCUT2D eigenvalue weighted by atomic mass is 32.1. The second-order valence-corrected chi connectivity index (χ2v) is 6.85. The van der Waals surface area contributed by atoms with Gasteiger partial charge in [0.05, 0.1) is 6.67 Å². The molecule has 7 heteroatoms. The maximum atomic E-state index is 4.27. The molecular weight excluding hydrogens is 272 g/mol. The molecular formula is C13H16N6S. The van der Waals surface area contributed by atoms with Crippen molar-refractivity contribution in [1.29, 1.82) is 0 Å². The predicted octanol–water partition coefficient (Wildman–Crippen LogP) is 1.65. The highest BCUT2D eigenvalue weighted by Crippen LogP contribution is 2.49. The van der Waals surface area contributed by atoms with Crippen LogP contribution >= 0.6 is 11.3 Å². The third kappa shape index (κ3) is 1.25. The zero-order chi connectivity index (χ0) is 13.3. The molecule has 0 aromatic carbocycles. The minimum Gasteiger partial charge on any atom is -0.278 e. The van der Waals surface area contributed by atoms with E-state index in [4.69, 9.17) is 0 Å². The molecule has 2 aromatic rings. The van der Waals surface area contributed by atoms with Crippen LogP contribution in [0.3, 0.4) is 0 Å². The second kappa shape index (κ2) is 3.81. The summed E-state index contributed by atoms with van der Waals surface area (Å²) in [5, 5.41) is 15.3. The van der Waals surface area contributed by atoms with Crippen LogP contribution in [-0.2, 0) is 6.42 Å². The van der Waals surface area contributed by atoms with E-state index in [1.165, 1.54) is 29.8 Å². The van der Waals surface area contributed by atoms with Crippen LogP contribution in [0.4, 0.5) is 5.95 Å². The van der Waals surface area contributed by atoms with Crippen molar-refractivity contribution in [3.05, 3.63) is 22.3 Å². The average molecular weight is 288 g/mol. The number of hydrogen-bond donors (Lipinski definition) is 2. The van der Waals surface area contributed by atoms with Gasteiger partial charge in [0.25, 0.3) is 0 Å². The van der Waals surface area contributed by atoms with Gasteiger partial charge in [0, 0.05) is 10.4 Å². The van der Waals surface area contributed by atoms with Crippen LogP contribution in [-0.4, -0.2) is 21.4 Å². The fraction of sp³-hybridized carbons (Fsp3) is 0.538. The van der Waals surface area contributed by atoms with Crippen LogP contribution in [0.15, 0.2) is 6.33 Å². The van der Waals surface area contributed by atoms with Crippen LogP contribution in [0.5, 0.6) is 0 Å². The molecule has 2 unspecified atom stereocenters. The summed E-state index contributed by atoms with van der Waals surface area (Å²) < 4.78 is 2.13. The molecule has 0 amide bonds. The Morgan fingerprint density at radius 1 is 1.40 bits per heavy atom. The molecule has 4 heterocycles. The Morgan fingerprint density at radius 2 is 2.35 bits per heavy atom. The summed E-state index contributed by atoms with van der Waals surface area (Å²) in [5.41, 5.74) is 6.37. The van der Waals surface area contributed by atoms with Gasteiger partial charge in [0.2, 0.25) is 5.95 Å². The highest BCUT2D eigenvalue weighted by Gasteiger charge is 2.41. The molecule has 0 spiro atoms. The minimum atomic E-state index is 0.197. The molecule has 0 radical (unpaired) electrons.